The molecule has 0 aromatic heterocycles. The predicted molar refractivity (Wildman–Crippen MR) is 71.6 cm³/mol. The van der Waals surface area contributed by atoms with Gasteiger partial charge in [-0.1, -0.05) is 26.7 Å². The molecule has 5 nitrogen and oxygen atoms in total. The van der Waals surface area contributed by atoms with Crippen LogP contribution in [-0.2, 0) is 9.59 Å². The van der Waals surface area contributed by atoms with E-state index in [0.29, 0.717) is 11.8 Å². The minimum absolute atomic E-state index is 0.0535. The van der Waals surface area contributed by atoms with E-state index in [1.165, 1.54) is 12.8 Å². The lowest BCUT2D eigenvalue weighted by atomic mass is 9.92. The van der Waals surface area contributed by atoms with Crippen molar-refractivity contribution in [2.75, 3.05) is 6.54 Å². The maximum absolute atomic E-state index is 12.3. The summed E-state index contributed by atoms with van der Waals surface area (Å²) >= 11 is 0. The summed E-state index contributed by atoms with van der Waals surface area (Å²) in [6.45, 7) is 4.69. The zero-order valence-corrected chi connectivity index (χ0v) is 11.7. The second-order valence-electron chi connectivity index (χ2n) is 5.95. The molecule has 2 fully saturated rings. The van der Waals surface area contributed by atoms with E-state index in [9.17, 15) is 14.7 Å². The number of carbonyl (C=O) groups is 2. The molecule has 0 aromatic carbocycles. The molecule has 1 saturated carbocycles. The summed E-state index contributed by atoms with van der Waals surface area (Å²) in [6, 6.07) is -0.974. The zero-order valence-electron chi connectivity index (χ0n) is 11.7. The van der Waals surface area contributed by atoms with Crippen molar-refractivity contribution < 1.29 is 14.7 Å². The summed E-state index contributed by atoms with van der Waals surface area (Å²) < 4.78 is 0. The van der Waals surface area contributed by atoms with Gasteiger partial charge < -0.3 is 15.7 Å². The van der Waals surface area contributed by atoms with Crippen LogP contribution in [0.5, 0.6) is 0 Å². The molecular weight excluding hydrogens is 244 g/mol. The Bertz CT molecular complexity index is 359. The fourth-order valence-corrected chi connectivity index (χ4v) is 3.40. The van der Waals surface area contributed by atoms with E-state index in [1.807, 2.05) is 13.8 Å². The van der Waals surface area contributed by atoms with Gasteiger partial charge in [-0.3, -0.25) is 4.79 Å². The number of nitrogens with one attached hydrogen (secondary N) is 2. The van der Waals surface area contributed by atoms with Gasteiger partial charge in [0.05, 0.1) is 6.04 Å². The normalized spacial score (nSPS) is 32.6. The number of rotatable bonds is 5. The summed E-state index contributed by atoms with van der Waals surface area (Å²) in [5.41, 5.74) is 0. The molecule has 19 heavy (non-hydrogen) atoms. The van der Waals surface area contributed by atoms with Crippen LogP contribution in [0.2, 0.25) is 0 Å². The molecule has 3 N–H and O–H groups in total. The minimum Gasteiger partial charge on any atom is -0.480 e. The summed E-state index contributed by atoms with van der Waals surface area (Å²) in [7, 11) is 0. The predicted octanol–water partition coefficient (Wildman–Crippen LogP) is 0.990. The molecule has 0 radical (unpaired) electrons. The van der Waals surface area contributed by atoms with Crippen LogP contribution in [0.25, 0.3) is 0 Å². The molecule has 5 atom stereocenters. The molecule has 2 rings (SSSR count). The second kappa shape index (κ2) is 5.90. The molecule has 1 aliphatic heterocycles. The third-order valence-corrected chi connectivity index (χ3v) is 4.81. The Kier molecular flexibility index (Phi) is 4.45. The van der Waals surface area contributed by atoms with E-state index in [2.05, 4.69) is 10.6 Å². The van der Waals surface area contributed by atoms with Gasteiger partial charge in [-0.25, -0.2) is 4.79 Å². The molecule has 5 unspecified atom stereocenters. The Hall–Kier alpha value is -1.10. The third-order valence-electron chi connectivity index (χ3n) is 4.81. The van der Waals surface area contributed by atoms with Crippen LogP contribution in [-0.4, -0.2) is 35.6 Å². The number of carboxylic acids is 1. The Morgan fingerprint density at radius 3 is 2.79 bits per heavy atom. The number of carbonyl (C=O) groups excluding carboxylic acids is 1. The first-order valence-electron chi connectivity index (χ1n) is 7.31. The summed E-state index contributed by atoms with van der Waals surface area (Å²) in [5, 5.41) is 15.2. The minimum atomic E-state index is -0.941. The lowest BCUT2D eigenvalue weighted by Crippen LogP contribution is -2.52. The highest BCUT2D eigenvalue weighted by atomic mass is 16.4. The van der Waals surface area contributed by atoms with Crippen molar-refractivity contribution in [3.63, 3.8) is 0 Å². The standard InChI is InChI=1S/C14H24N2O3/c1-3-8(2)11(14(18)19)16-13(17)12-10-6-4-5-9(10)7-15-12/h8-12,15H,3-7H2,1-2H3,(H,16,17)(H,18,19). The van der Waals surface area contributed by atoms with E-state index >= 15 is 0 Å². The van der Waals surface area contributed by atoms with Crippen molar-refractivity contribution in [3.8, 4) is 0 Å². The van der Waals surface area contributed by atoms with Crippen molar-refractivity contribution in [2.45, 2.75) is 51.6 Å². The monoisotopic (exact) mass is 268 g/mol. The molecule has 1 saturated heterocycles. The fraction of sp³-hybridized carbons (Fsp3) is 0.857. The van der Waals surface area contributed by atoms with Crippen molar-refractivity contribution in [1.29, 1.82) is 0 Å². The van der Waals surface area contributed by atoms with Crippen molar-refractivity contribution in [2.24, 2.45) is 17.8 Å². The van der Waals surface area contributed by atoms with Gasteiger partial charge in [0.25, 0.3) is 0 Å². The molecule has 1 aliphatic carbocycles. The first-order valence-corrected chi connectivity index (χ1v) is 7.31. The van der Waals surface area contributed by atoms with Gasteiger partial charge in [0.2, 0.25) is 5.91 Å². The molecule has 0 bridgehead atoms. The zero-order chi connectivity index (χ0) is 14.0. The van der Waals surface area contributed by atoms with E-state index in [-0.39, 0.29) is 17.9 Å². The molecule has 1 amide bonds. The van der Waals surface area contributed by atoms with Crippen LogP contribution < -0.4 is 10.6 Å². The van der Waals surface area contributed by atoms with Crippen LogP contribution in [0.15, 0.2) is 0 Å². The van der Waals surface area contributed by atoms with Crippen LogP contribution in [0.1, 0.15) is 39.5 Å². The molecule has 5 heteroatoms. The highest BCUT2D eigenvalue weighted by Crippen LogP contribution is 2.37. The van der Waals surface area contributed by atoms with Crippen molar-refractivity contribution in [1.82, 2.24) is 10.6 Å². The van der Waals surface area contributed by atoms with Gasteiger partial charge in [0, 0.05) is 0 Å². The number of fused-ring (bicyclic) bond motifs is 1. The van der Waals surface area contributed by atoms with E-state index in [1.54, 1.807) is 0 Å². The van der Waals surface area contributed by atoms with E-state index in [4.69, 9.17) is 0 Å². The van der Waals surface area contributed by atoms with Crippen molar-refractivity contribution in [3.05, 3.63) is 0 Å². The summed E-state index contributed by atoms with van der Waals surface area (Å²) in [6.07, 6.45) is 4.20. The van der Waals surface area contributed by atoms with Gasteiger partial charge in [0.15, 0.2) is 0 Å². The Morgan fingerprint density at radius 2 is 2.16 bits per heavy atom. The lowest BCUT2D eigenvalue weighted by molar-refractivity contribution is -0.143. The van der Waals surface area contributed by atoms with Gasteiger partial charge in [-0.05, 0) is 37.1 Å². The molecule has 0 aromatic rings. The van der Waals surface area contributed by atoms with Crippen LogP contribution in [0, 0.1) is 17.8 Å². The molecular formula is C14H24N2O3. The number of aliphatic carboxylic acids is 1. The largest absolute Gasteiger partial charge is 0.480 e. The number of hydrogen-bond donors (Lipinski definition) is 3. The Morgan fingerprint density at radius 1 is 1.42 bits per heavy atom. The second-order valence-corrected chi connectivity index (χ2v) is 5.95. The number of hydrogen-bond acceptors (Lipinski definition) is 3. The maximum Gasteiger partial charge on any atom is 0.326 e. The first-order chi connectivity index (χ1) is 9.04. The van der Waals surface area contributed by atoms with Crippen LogP contribution >= 0.6 is 0 Å². The average molecular weight is 268 g/mol. The number of amides is 1. The molecule has 1 heterocycles. The SMILES string of the molecule is CCC(C)C(NC(=O)C1NCC2CCCC21)C(=O)O. The van der Waals surface area contributed by atoms with Crippen LogP contribution in [0.3, 0.4) is 0 Å². The highest BCUT2D eigenvalue weighted by molar-refractivity contribution is 5.87. The topological polar surface area (TPSA) is 78.4 Å². The summed E-state index contributed by atoms with van der Waals surface area (Å²) in [4.78, 5) is 23.5. The van der Waals surface area contributed by atoms with Crippen molar-refractivity contribution >= 4 is 11.9 Å². The third kappa shape index (κ3) is 2.91. The highest BCUT2D eigenvalue weighted by Gasteiger charge is 2.43. The van der Waals surface area contributed by atoms with Crippen LogP contribution in [0.4, 0.5) is 0 Å². The van der Waals surface area contributed by atoms with Gasteiger partial charge in [0.1, 0.15) is 6.04 Å². The average Bonchev–Trinajstić information content (AvgIpc) is 2.96. The number of carboxylic acid groups (broad SMARTS) is 1. The lowest BCUT2D eigenvalue weighted by Gasteiger charge is -2.24. The smallest absolute Gasteiger partial charge is 0.326 e. The Balaban J connectivity index is 1.97. The van der Waals surface area contributed by atoms with E-state index in [0.717, 1.165) is 19.4 Å². The quantitative estimate of drug-likeness (QED) is 0.695. The van der Waals surface area contributed by atoms with Gasteiger partial charge in [-0.15, -0.1) is 0 Å². The first kappa shape index (κ1) is 14.3. The summed E-state index contributed by atoms with van der Waals surface area (Å²) in [5.74, 6) is -0.137. The molecule has 0 spiro atoms. The molecule has 2 aliphatic rings. The molecule has 108 valence electrons. The Labute approximate surface area is 114 Å². The van der Waals surface area contributed by atoms with Gasteiger partial charge in [-0.2, -0.15) is 0 Å². The maximum atomic E-state index is 12.3. The fourth-order valence-electron chi connectivity index (χ4n) is 3.40. The van der Waals surface area contributed by atoms with Gasteiger partial charge >= 0.3 is 5.97 Å². The van der Waals surface area contributed by atoms with E-state index < -0.39 is 12.0 Å².